The Labute approximate surface area is 73.6 Å². The van der Waals surface area contributed by atoms with Gasteiger partial charge in [-0.05, 0) is 6.07 Å². The lowest BCUT2D eigenvalue weighted by molar-refractivity contribution is 0.624. The number of aromatic nitrogens is 3. The Kier molecular flexibility index (Phi) is 1.70. The fourth-order valence-electron chi connectivity index (χ4n) is 1.07. The minimum Gasteiger partial charge on any atom is -0.382 e. The maximum absolute atomic E-state index is 13.1. The summed E-state index contributed by atoms with van der Waals surface area (Å²) in [4.78, 5) is 3.64. The molecule has 0 saturated heterocycles. The largest absolute Gasteiger partial charge is 0.382 e. The molecule has 66 valence electrons. The first kappa shape index (κ1) is 7.72. The van der Waals surface area contributed by atoms with Crippen LogP contribution >= 0.6 is 0 Å². The predicted molar refractivity (Wildman–Crippen MR) is 46.2 cm³/mol. The highest BCUT2D eigenvalue weighted by Gasteiger charge is 2.06. The number of H-pyrrole nitrogens is 1. The summed E-state index contributed by atoms with van der Waals surface area (Å²) in [5.41, 5.74) is 6.35. The van der Waals surface area contributed by atoms with Crippen LogP contribution in [0.25, 0.3) is 11.3 Å². The lowest BCUT2D eigenvalue weighted by Gasteiger charge is -1.96. The van der Waals surface area contributed by atoms with E-state index in [0.717, 1.165) is 6.20 Å². The van der Waals surface area contributed by atoms with Gasteiger partial charge in [0.2, 0.25) is 0 Å². The third-order valence-corrected chi connectivity index (χ3v) is 1.66. The Morgan fingerprint density at radius 1 is 1.46 bits per heavy atom. The number of anilines is 1. The van der Waals surface area contributed by atoms with Gasteiger partial charge in [-0.25, -0.2) is 4.39 Å². The number of pyridine rings is 1. The minimum absolute atomic E-state index is 0.339. The van der Waals surface area contributed by atoms with Crippen molar-refractivity contribution < 1.29 is 4.39 Å². The molecule has 0 spiro atoms. The van der Waals surface area contributed by atoms with E-state index in [1.807, 2.05) is 0 Å². The molecule has 3 N–H and O–H groups in total. The monoisotopic (exact) mass is 178 g/mol. The molecular formula is C8H7FN4. The SMILES string of the molecule is Nc1cc(-c2ccncc2F)[nH]n1. The van der Waals surface area contributed by atoms with E-state index in [9.17, 15) is 4.39 Å². The van der Waals surface area contributed by atoms with Crippen molar-refractivity contribution in [1.82, 2.24) is 15.2 Å². The summed E-state index contributed by atoms with van der Waals surface area (Å²) in [6.45, 7) is 0. The van der Waals surface area contributed by atoms with Crippen LogP contribution in [-0.2, 0) is 0 Å². The van der Waals surface area contributed by atoms with Gasteiger partial charge in [0.15, 0.2) is 5.82 Å². The maximum atomic E-state index is 13.1. The molecule has 2 aromatic heterocycles. The van der Waals surface area contributed by atoms with Crippen molar-refractivity contribution in [3.05, 3.63) is 30.3 Å². The molecule has 0 fully saturated rings. The standard InChI is InChI=1S/C8H7FN4/c9-6-4-11-2-1-5(6)7-3-8(10)13-12-7/h1-4H,(H3,10,12,13). The van der Waals surface area contributed by atoms with Gasteiger partial charge in [0, 0.05) is 17.8 Å². The second-order valence-electron chi connectivity index (χ2n) is 2.56. The first-order valence-corrected chi connectivity index (χ1v) is 3.68. The molecule has 13 heavy (non-hydrogen) atoms. The molecule has 0 aliphatic heterocycles. The molecule has 2 heterocycles. The van der Waals surface area contributed by atoms with Crippen molar-refractivity contribution >= 4 is 5.82 Å². The molecule has 0 aliphatic rings. The van der Waals surface area contributed by atoms with E-state index < -0.39 is 5.82 Å². The minimum atomic E-state index is -0.397. The van der Waals surface area contributed by atoms with Crippen LogP contribution in [0.5, 0.6) is 0 Å². The normalized spacial score (nSPS) is 10.2. The Morgan fingerprint density at radius 2 is 2.31 bits per heavy atom. The highest BCUT2D eigenvalue weighted by molar-refractivity contribution is 5.61. The van der Waals surface area contributed by atoms with E-state index in [1.165, 1.54) is 6.20 Å². The van der Waals surface area contributed by atoms with Crippen molar-refractivity contribution in [3.8, 4) is 11.3 Å². The number of hydrogen-bond acceptors (Lipinski definition) is 3. The average molecular weight is 178 g/mol. The summed E-state index contributed by atoms with van der Waals surface area (Å²) < 4.78 is 13.1. The first-order valence-electron chi connectivity index (χ1n) is 3.68. The second-order valence-corrected chi connectivity index (χ2v) is 2.56. The van der Waals surface area contributed by atoms with Crippen molar-refractivity contribution in [2.45, 2.75) is 0 Å². The summed E-state index contributed by atoms with van der Waals surface area (Å²) in [6, 6.07) is 3.13. The lowest BCUT2D eigenvalue weighted by atomic mass is 10.2. The van der Waals surface area contributed by atoms with Crippen molar-refractivity contribution in [1.29, 1.82) is 0 Å². The summed E-state index contributed by atoms with van der Waals surface area (Å²) in [5, 5.41) is 6.32. The zero-order valence-electron chi connectivity index (χ0n) is 6.66. The third-order valence-electron chi connectivity index (χ3n) is 1.66. The zero-order chi connectivity index (χ0) is 9.26. The Hall–Kier alpha value is -1.91. The molecule has 0 atom stereocenters. The van der Waals surface area contributed by atoms with E-state index in [-0.39, 0.29) is 0 Å². The molecule has 0 saturated carbocycles. The molecule has 0 bridgehead atoms. The third kappa shape index (κ3) is 1.35. The van der Waals surface area contributed by atoms with Crippen LogP contribution < -0.4 is 5.73 Å². The van der Waals surface area contributed by atoms with E-state index in [1.54, 1.807) is 12.1 Å². The Morgan fingerprint density at radius 3 is 2.92 bits per heavy atom. The molecule has 0 radical (unpaired) electrons. The summed E-state index contributed by atoms with van der Waals surface area (Å²) in [7, 11) is 0. The molecule has 2 aromatic rings. The van der Waals surface area contributed by atoms with Crippen LogP contribution in [0.1, 0.15) is 0 Å². The molecule has 5 heteroatoms. The van der Waals surface area contributed by atoms with Gasteiger partial charge in [-0.1, -0.05) is 0 Å². The van der Waals surface area contributed by atoms with Gasteiger partial charge in [-0.2, -0.15) is 5.10 Å². The van der Waals surface area contributed by atoms with E-state index in [2.05, 4.69) is 15.2 Å². The van der Waals surface area contributed by atoms with Crippen LogP contribution in [0.3, 0.4) is 0 Å². The van der Waals surface area contributed by atoms with E-state index >= 15 is 0 Å². The summed E-state index contributed by atoms with van der Waals surface area (Å²) >= 11 is 0. The topological polar surface area (TPSA) is 67.6 Å². The Bertz CT molecular complexity index is 424. The van der Waals surface area contributed by atoms with Crippen molar-refractivity contribution in [2.24, 2.45) is 0 Å². The number of nitrogens with one attached hydrogen (secondary N) is 1. The van der Waals surface area contributed by atoms with Gasteiger partial charge in [0.05, 0.1) is 11.9 Å². The fraction of sp³-hybridized carbons (Fsp3) is 0. The predicted octanol–water partition coefficient (Wildman–Crippen LogP) is 1.19. The number of rotatable bonds is 1. The van der Waals surface area contributed by atoms with Crippen LogP contribution in [0.2, 0.25) is 0 Å². The highest BCUT2D eigenvalue weighted by Crippen LogP contribution is 2.20. The Balaban J connectivity index is 2.52. The van der Waals surface area contributed by atoms with Gasteiger partial charge in [-0.3, -0.25) is 10.1 Å². The zero-order valence-corrected chi connectivity index (χ0v) is 6.66. The summed E-state index contributed by atoms with van der Waals surface area (Å²) in [5.74, 6) is -0.0580. The number of nitrogens with zero attached hydrogens (tertiary/aromatic N) is 2. The van der Waals surface area contributed by atoms with Gasteiger partial charge in [-0.15, -0.1) is 0 Å². The second kappa shape index (κ2) is 2.85. The summed E-state index contributed by atoms with van der Waals surface area (Å²) in [6.07, 6.45) is 2.65. The molecule has 0 aromatic carbocycles. The lowest BCUT2D eigenvalue weighted by Crippen LogP contribution is -1.85. The van der Waals surface area contributed by atoms with Gasteiger partial charge in [0.1, 0.15) is 5.82 Å². The van der Waals surface area contributed by atoms with E-state index in [4.69, 9.17) is 5.73 Å². The van der Waals surface area contributed by atoms with Gasteiger partial charge >= 0.3 is 0 Å². The molecule has 0 aliphatic carbocycles. The number of hydrogen-bond donors (Lipinski definition) is 2. The molecule has 4 nitrogen and oxygen atoms in total. The molecule has 2 rings (SSSR count). The highest BCUT2D eigenvalue weighted by atomic mass is 19.1. The average Bonchev–Trinajstić information content (AvgIpc) is 2.53. The quantitative estimate of drug-likeness (QED) is 0.689. The maximum Gasteiger partial charge on any atom is 0.150 e. The molecule has 0 unspecified atom stereocenters. The van der Waals surface area contributed by atoms with Crippen LogP contribution in [0.4, 0.5) is 10.2 Å². The smallest absolute Gasteiger partial charge is 0.150 e. The van der Waals surface area contributed by atoms with Gasteiger partial charge in [0.25, 0.3) is 0 Å². The number of nitrogens with two attached hydrogens (primary N) is 1. The van der Waals surface area contributed by atoms with E-state index in [0.29, 0.717) is 17.1 Å². The number of aromatic amines is 1. The number of nitrogen functional groups attached to an aromatic ring is 1. The van der Waals surface area contributed by atoms with Crippen LogP contribution in [0, 0.1) is 5.82 Å². The molecular weight excluding hydrogens is 171 g/mol. The van der Waals surface area contributed by atoms with Crippen LogP contribution in [0.15, 0.2) is 24.5 Å². The molecule has 0 amide bonds. The first-order chi connectivity index (χ1) is 6.27. The fourth-order valence-corrected chi connectivity index (χ4v) is 1.07. The number of halogens is 1. The van der Waals surface area contributed by atoms with Crippen molar-refractivity contribution in [3.63, 3.8) is 0 Å². The van der Waals surface area contributed by atoms with Crippen molar-refractivity contribution in [2.75, 3.05) is 5.73 Å². The van der Waals surface area contributed by atoms with Crippen LogP contribution in [-0.4, -0.2) is 15.2 Å². The van der Waals surface area contributed by atoms with Gasteiger partial charge < -0.3 is 5.73 Å².